The van der Waals surface area contributed by atoms with Gasteiger partial charge in [-0.2, -0.15) is 0 Å². The van der Waals surface area contributed by atoms with Crippen LogP contribution in [0.4, 0.5) is 0 Å². The van der Waals surface area contributed by atoms with Gasteiger partial charge >= 0.3 is 0 Å². The van der Waals surface area contributed by atoms with E-state index in [1.165, 1.54) is 5.56 Å². The summed E-state index contributed by atoms with van der Waals surface area (Å²) in [6, 6.07) is 4.11. The second-order valence-corrected chi connectivity index (χ2v) is 7.40. The summed E-state index contributed by atoms with van der Waals surface area (Å²) >= 11 is 0. The minimum Gasteiger partial charge on any atom is -0.484 e. The van der Waals surface area contributed by atoms with E-state index < -0.39 is 11.0 Å². The summed E-state index contributed by atoms with van der Waals surface area (Å²) < 4.78 is 6.32. The maximum atomic E-state index is 11.8. The zero-order valence-corrected chi connectivity index (χ0v) is 13.2. The standard InChI is InChI=1S/C19H21NO3/c1-11-5-6-19(22)14-9-12-3-4-13(10-21)16-15(12)18(19,17(11)23-16)7-8-20(14)2/h3-6,14,17,21-22H,1,7-10H2,2H3/t14?,17?,18-,19+/m0/s1. The van der Waals surface area contributed by atoms with Gasteiger partial charge in [0.2, 0.25) is 0 Å². The normalized spacial score (nSPS) is 40.0. The summed E-state index contributed by atoms with van der Waals surface area (Å²) in [5.41, 5.74) is 2.66. The first kappa shape index (κ1) is 13.8. The molecule has 1 aromatic rings. The van der Waals surface area contributed by atoms with Crippen molar-refractivity contribution >= 4 is 0 Å². The number of aliphatic hydroxyl groups excluding tert-OH is 1. The van der Waals surface area contributed by atoms with E-state index in [1.54, 1.807) is 0 Å². The van der Waals surface area contributed by atoms with Gasteiger partial charge in [0.1, 0.15) is 17.5 Å². The Bertz CT molecular complexity index is 770. The van der Waals surface area contributed by atoms with Gasteiger partial charge in [0, 0.05) is 17.2 Å². The van der Waals surface area contributed by atoms with E-state index in [1.807, 2.05) is 18.2 Å². The average Bonchev–Trinajstić information content (AvgIpc) is 2.90. The molecule has 5 rings (SSSR count). The van der Waals surface area contributed by atoms with E-state index in [-0.39, 0.29) is 18.8 Å². The van der Waals surface area contributed by atoms with Crippen LogP contribution < -0.4 is 4.74 Å². The molecule has 2 heterocycles. The highest BCUT2D eigenvalue weighted by Crippen LogP contribution is 2.63. The zero-order chi connectivity index (χ0) is 16.0. The molecular weight excluding hydrogens is 290 g/mol. The Morgan fingerprint density at radius 1 is 1.43 bits per heavy atom. The van der Waals surface area contributed by atoms with E-state index in [4.69, 9.17) is 4.74 Å². The fraction of sp³-hybridized carbons (Fsp3) is 0.474. The van der Waals surface area contributed by atoms with Crippen molar-refractivity contribution in [3.8, 4) is 5.75 Å². The van der Waals surface area contributed by atoms with Crippen molar-refractivity contribution in [3.05, 3.63) is 53.1 Å². The van der Waals surface area contributed by atoms with Gasteiger partial charge in [0.05, 0.1) is 12.0 Å². The number of piperidine rings is 1. The van der Waals surface area contributed by atoms with Gasteiger partial charge in [0.15, 0.2) is 0 Å². The lowest BCUT2D eigenvalue weighted by atomic mass is 9.50. The number of likely N-dealkylation sites (tertiary alicyclic amines) is 1. The van der Waals surface area contributed by atoms with Gasteiger partial charge in [-0.3, -0.25) is 4.90 Å². The predicted molar refractivity (Wildman–Crippen MR) is 86.4 cm³/mol. The third kappa shape index (κ3) is 1.31. The monoisotopic (exact) mass is 311 g/mol. The molecule has 0 aromatic heterocycles. The minimum atomic E-state index is -0.946. The van der Waals surface area contributed by atoms with Crippen LogP contribution in [-0.2, 0) is 18.4 Å². The summed E-state index contributed by atoms with van der Waals surface area (Å²) in [7, 11) is 2.09. The van der Waals surface area contributed by atoms with E-state index in [9.17, 15) is 10.2 Å². The Balaban J connectivity index is 1.89. The summed E-state index contributed by atoms with van der Waals surface area (Å²) in [4.78, 5) is 2.27. The number of hydrogen-bond acceptors (Lipinski definition) is 4. The number of likely N-dealkylation sites (N-methyl/N-ethyl adjacent to an activating group) is 1. The highest BCUT2D eigenvalue weighted by Gasteiger charge is 2.70. The van der Waals surface area contributed by atoms with Crippen molar-refractivity contribution < 1.29 is 14.9 Å². The molecule has 0 radical (unpaired) electrons. The van der Waals surface area contributed by atoms with Crippen molar-refractivity contribution in [2.75, 3.05) is 13.6 Å². The summed E-state index contributed by atoms with van der Waals surface area (Å²) in [6.45, 7) is 5.06. The number of ether oxygens (including phenoxy) is 1. The molecule has 23 heavy (non-hydrogen) atoms. The number of nitrogens with zero attached hydrogens (tertiary/aromatic N) is 1. The zero-order valence-electron chi connectivity index (χ0n) is 13.2. The van der Waals surface area contributed by atoms with Crippen molar-refractivity contribution in [1.82, 2.24) is 4.90 Å². The first-order valence-corrected chi connectivity index (χ1v) is 8.26. The molecule has 2 unspecified atom stereocenters. The first-order valence-electron chi connectivity index (χ1n) is 8.26. The maximum Gasteiger partial charge on any atom is 0.136 e. The minimum absolute atomic E-state index is 0.0464. The molecule has 2 aliphatic carbocycles. The molecule has 1 spiro atoms. The molecule has 0 saturated carbocycles. The molecular formula is C19H21NO3. The lowest BCUT2D eigenvalue weighted by molar-refractivity contribution is -0.126. The third-order valence-corrected chi connectivity index (χ3v) is 6.54. The topological polar surface area (TPSA) is 52.9 Å². The summed E-state index contributed by atoms with van der Waals surface area (Å²) in [5, 5.41) is 21.5. The van der Waals surface area contributed by atoms with Gasteiger partial charge in [0.25, 0.3) is 0 Å². The van der Waals surface area contributed by atoms with E-state index in [2.05, 4.69) is 24.6 Å². The van der Waals surface area contributed by atoms with Gasteiger partial charge in [-0.05, 0) is 37.6 Å². The van der Waals surface area contributed by atoms with Crippen molar-refractivity contribution in [2.24, 2.45) is 0 Å². The van der Waals surface area contributed by atoms with Crippen LogP contribution in [0.15, 0.2) is 36.4 Å². The van der Waals surface area contributed by atoms with Crippen molar-refractivity contribution in [2.45, 2.75) is 42.6 Å². The van der Waals surface area contributed by atoms with E-state index in [0.29, 0.717) is 0 Å². The number of aliphatic hydroxyl groups is 2. The molecule has 2 N–H and O–H groups in total. The largest absolute Gasteiger partial charge is 0.484 e. The SMILES string of the molecule is C=C1C=C[C@@]2(O)C3Cc4ccc(CO)c5c4[C@@]2(CCN3C)C1O5. The number of benzene rings is 1. The Kier molecular flexibility index (Phi) is 2.44. The molecule has 4 aliphatic rings. The molecule has 0 amide bonds. The molecule has 2 aliphatic heterocycles. The van der Waals surface area contributed by atoms with Crippen molar-refractivity contribution in [3.63, 3.8) is 0 Å². The predicted octanol–water partition coefficient (Wildman–Crippen LogP) is 1.29. The van der Waals surface area contributed by atoms with Gasteiger partial charge in [-0.15, -0.1) is 0 Å². The fourth-order valence-corrected chi connectivity index (χ4v) is 5.44. The number of rotatable bonds is 1. The Hall–Kier alpha value is -1.62. The number of hydrogen-bond donors (Lipinski definition) is 2. The van der Waals surface area contributed by atoms with Gasteiger partial charge < -0.3 is 14.9 Å². The average molecular weight is 311 g/mol. The summed E-state index contributed by atoms with van der Waals surface area (Å²) in [5.74, 6) is 0.779. The van der Waals surface area contributed by atoms with Gasteiger partial charge in [-0.25, -0.2) is 0 Å². The van der Waals surface area contributed by atoms with Crippen molar-refractivity contribution in [1.29, 1.82) is 0 Å². The molecule has 1 saturated heterocycles. The Morgan fingerprint density at radius 2 is 2.26 bits per heavy atom. The quantitative estimate of drug-likeness (QED) is 0.821. The Labute approximate surface area is 135 Å². The van der Waals surface area contributed by atoms with Crippen LogP contribution in [-0.4, -0.2) is 46.5 Å². The smallest absolute Gasteiger partial charge is 0.136 e. The Morgan fingerprint density at radius 3 is 3.04 bits per heavy atom. The van der Waals surface area contributed by atoms with Crippen LogP contribution >= 0.6 is 0 Å². The van der Waals surface area contributed by atoms with Crippen LogP contribution in [0, 0.1) is 0 Å². The first-order chi connectivity index (χ1) is 11.0. The summed E-state index contributed by atoms with van der Waals surface area (Å²) in [6.07, 6.45) is 5.26. The lowest BCUT2D eigenvalue weighted by Gasteiger charge is -2.60. The van der Waals surface area contributed by atoms with Crippen LogP contribution in [0.1, 0.15) is 23.1 Å². The maximum absolute atomic E-state index is 11.8. The van der Waals surface area contributed by atoms with E-state index in [0.717, 1.165) is 41.8 Å². The fourth-order valence-electron chi connectivity index (χ4n) is 5.44. The highest BCUT2D eigenvalue weighted by molar-refractivity contribution is 5.64. The molecule has 4 heteroatoms. The highest BCUT2D eigenvalue weighted by atomic mass is 16.5. The second kappa shape index (κ2) is 4.07. The molecule has 4 nitrogen and oxygen atoms in total. The van der Waals surface area contributed by atoms with Crippen LogP contribution in [0.2, 0.25) is 0 Å². The second-order valence-electron chi connectivity index (χ2n) is 7.40. The lowest BCUT2D eigenvalue weighted by Crippen LogP contribution is -2.73. The van der Waals surface area contributed by atoms with E-state index >= 15 is 0 Å². The molecule has 4 atom stereocenters. The molecule has 120 valence electrons. The van der Waals surface area contributed by atoms with Gasteiger partial charge in [-0.1, -0.05) is 30.9 Å². The molecule has 1 aromatic carbocycles. The van der Waals surface area contributed by atoms with Crippen LogP contribution in [0.3, 0.4) is 0 Å². The third-order valence-electron chi connectivity index (χ3n) is 6.54. The van der Waals surface area contributed by atoms with Crippen LogP contribution in [0.25, 0.3) is 0 Å². The molecule has 2 bridgehead atoms. The molecule has 1 fully saturated rings. The van der Waals surface area contributed by atoms with Crippen LogP contribution in [0.5, 0.6) is 5.75 Å².